The summed E-state index contributed by atoms with van der Waals surface area (Å²) in [5.41, 5.74) is 0. The van der Waals surface area contributed by atoms with E-state index in [4.69, 9.17) is 4.42 Å². The summed E-state index contributed by atoms with van der Waals surface area (Å²) >= 11 is 1.69. The normalized spacial score (nSPS) is 19.6. The first-order chi connectivity index (χ1) is 11.0. The summed E-state index contributed by atoms with van der Waals surface area (Å²) in [6, 6.07) is 3.78. The molecule has 23 heavy (non-hydrogen) atoms. The Morgan fingerprint density at radius 2 is 2.35 bits per heavy atom. The average Bonchev–Trinajstić information content (AvgIpc) is 3.08. The molecule has 1 amide bonds. The molecule has 1 aromatic rings. The molecule has 130 valence electrons. The monoisotopic (exact) mass is 360 g/mol. The lowest BCUT2D eigenvalue weighted by Gasteiger charge is -2.30. The summed E-state index contributed by atoms with van der Waals surface area (Å²) < 4.78 is 30.5. The van der Waals surface area contributed by atoms with Gasteiger partial charge >= 0.3 is 0 Å². The third-order valence-corrected chi connectivity index (χ3v) is 6.71. The molecule has 1 atom stereocenters. The maximum atomic E-state index is 12.2. The van der Waals surface area contributed by atoms with Gasteiger partial charge in [-0.05, 0) is 31.9 Å². The van der Waals surface area contributed by atoms with Gasteiger partial charge in [-0.1, -0.05) is 0 Å². The first-order valence-electron chi connectivity index (χ1n) is 7.88. The molecule has 0 aliphatic carbocycles. The molecule has 0 radical (unpaired) electrons. The Morgan fingerprint density at radius 1 is 1.52 bits per heavy atom. The Morgan fingerprint density at radius 3 is 3.04 bits per heavy atom. The molecular formula is C15H24N2O4S2. The van der Waals surface area contributed by atoms with Gasteiger partial charge in [0.15, 0.2) is 0 Å². The molecule has 0 bridgehead atoms. The SMILES string of the molecule is CCS(=O)(=O)N1CCC[C@H](C(=O)NCCSCc2ccco2)C1. The molecule has 1 aliphatic rings. The van der Waals surface area contributed by atoms with Crippen molar-refractivity contribution >= 4 is 27.7 Å². The Kier molecular flexibility index (Phi) is 6.98. The number of carbonyl (C=O) groups is 1. The van der Waals surface area contributed by atoms with Crippen LogP contribution in [0.5, 0.6) is 0 Å². The first-order valence-corrected chi connectivity index (χ1v) is 10.6. The molecule has 0 unspecified atom stereocenters. The highest BCUT2D eigenvalue weighted by Gasteiger charge is 2.31. The fourth-order valence-corrected chi connectivity index (χ4v) is 4.49. The third kappa shape index (κ3) is 5.54. The molecule has 1 saturated heterocycles. The third-order valence-electron chi connectivity index (χ3n) is 3.88. The zero-order chi connectivity index (χ0) is 16.7. The number of hydrogen-bond acceptors (Lipinski definition) is 5. The quantitative estimate of drug-likeness (QED) is 0.714. The van der Waals surface area contributed by atoms with Gasteiger partial charge in [-0.25, -0.2) is 12.7 Å². The number of nitrogens with zero attached hydrogens (tertiary/aromatic N) is 1. The predicted molar refractivity (Wildman–Crippen MR) is 91.6 cm³/mol. The first kappa shape index (κ1) is 18.4. The Bertz CT molecular complexity index is 587. The molecular weight excluding hydrogens is 336 g/mol. The van der Waals surface area contributed by atoms with E-state index in [9.17, 15) is 13.2 Å². The number of amides is 1. The van der Waals surface area contributed by atoms with Crippen LogP contribution in [0.4, 0.5) is 0 Å². The Hall–Kier alpha value is -0.990. The van der Waals surface area contributed by atoms with Gasteiger partial charge < -0.3 is 9.73 Å². The number of rotatable bonds is 8. The van der Waals surface area contributed by atoms with Crippen molar-refractivity contribution in [2.45, 2.75) is 25.5 Å². The zero-order valence-electron chi connectivity index (χ0n) is 13.4. The zero-order valence-corrected chi connectivity index (χ0v) is 15.0. The van der Waals surface area contributed by atoms with Gasteiger partial charge in [0.25, 0.3) is 0 Å². The summed E-state index contributed by atoms with van der Waals surface area (Å²) in [6.45, 7) is 3.05. The summed E-state index contributed by atoms with van der Waals surface area (Å²) in [7, 11) is -3.20. The van der Waals surface area contributed by atoms with Gasteiger partial charge in [-0.15, -0.1) is 0 Å². The van der Waals surface area contributed by atoms with E-state index in [1.165, 1.54) is 4.31 Å². The highest BCUT2D eigenvalue weighted by atomic mass is 32.2. The highest BCUT2D eigenvalue weighted by molar-refractivity contribution is 7.98. The molecule has 1 fully saturated rings. The van der Waals surface area contributed by atoms with Crippen LogP contribution in [0.3, 0.4) is 0 Å². The van der Waals surface area contributed by atoms with Crippen LogP contribution >= 0.6 is 11.8 Å². The van der Waals surface area contributed by atoms with Crippen molar-refractivity contribution in [3.8, 4) is 0 Å². The average molecular weight is 361 g/mol. The van der Waals surface area contributed by atoms with Crippen LogP contribution in [0.15, 0.2) is 22.8 Å². The van der Waals surface area contributed by atoms with E-state index in [-0.39, 0.29) is 17.6 Å². The number of hydrogen-bond donors (Lipinski definition) is 1. The fourth-order valence-electron chi connectivity index (χ4n) is 2.55. The van der Waals surface area contributed by atoms with E-state index < -0.39 is 10.0 Å². The number of sulfonamides is 1. The summed E-state index contributed by atoms with van der Waals surface area (Å²) in [5, 5.41) is 2.91. The molecule has 2 heterocycles. The van der Waals surface area contributed by atoms with Gasteiger partial charge in [-0.2, -0.15) is 11.8 Å². The van der Waals surface area contributed by atoms with Crippen molar-refractivity contribution in [1.29, 1.82) is 0 Å². The van der Waals surface area contributed by atoms with Gasteiger partial charge in [0.2, 0.25) is 15.9 Å². The van der Waals surface area contributed by atoms with Crippen molar-refractivity contribution in [1.82, 2.24) is 9.62 Å². The van der Waals surface area contributed by atoms with Crippen molar-refractivity contribution in [2.24, 2.45) is 5.92 Å². The summed E-state index contributed by atoms with van der Waals surface area (Å²) in [4.78, 5) is 12.2. The number of furan rings is 1. The standard InChI is InChI=1S/C15H24N2O4S2/c1-2-23(19,20)17-8-3-5-13(11-17)15(18)16-7-10-22-12-14-6-4-9-21-14/h4,6,9,13H,2-3,5,7-8,10-12H2,1H3,(H,16,18)/t13-/m0/s1. The molecule has 1 aromatic heterocycles. The maximum Gasteiger partial charge on any atom is 0.224 e. The van der Waals surface area contributed by atoms with Crippen LogP contribution in [0.1, 0.15) is 25.5 Å². The lowest BCUT2D eigenvalue weighted by atomic mass is 9.99. The van der Waals surface area contributed by atoms with Crippen LogP contribution in [0, 0.1) is 5.92 Å². The predicted octanol–water partition coefficient (Wildman–Crippen LogP) is 1.69. The van der Waals surface area contributed by atoms with Gasteiger partial charge in [0.1, 0.15) is 5.76 Å². The maximum absolute atomic E-state index is 12.2. The minimum Gasteiger partial charge on any atom is -0.468 e. The lowest BCUT2D eigenvalue weighted by Crippen LogP contribution is -2.46. The lowest BCUT2D eigenvalue weighted by molar-refractivity contribution is -0.125. The van der Waals surface area contributed by atoms with E-state index in [0.29, 0.717) is 19.6 Å². The number of nitrogens with one attached hydrogen (secondary N) is 1. The second kappa shape index (κ2) is 8.75. The topological polar surface area (TPSA) is 79.6 Å². The molecule has 6 nitrogen and oxygen atoms in total. The minimum absolute atomic E-state index is 0.0420. The molecule has 8 heteroatoms. The number of piperidine rings is 1. The van der Waals surface area contributed by atoms with Crippen LogP contribution in [-0.2, 0) is 20.6 Å². The van der Waals surface area contributed by atoms with Gasteiger partial charge in [0.05, 0.1) is 23.7 Å². The highest BCUT2D eigenvalue weighted by Crippen LogP contribution is 2.19. The van der Waals surface area contributed by atoms with Gasteiger partial charge in [-0.3, -0.25) is 4.79 Å². The number of carbonyl (C=O) groups excluding carboxylic acids is 1. The largest absolute Gasteiger partial charge is 0.468 e. The van der Waals surface area contributed by atoms with E-state index in [0.717, 1.165) is 30.1 Å². The Balaban J connectivity index is 1.68. The van der Waals surface area contributed by atoms with Crippen LogP contribution in [0.25, 0.3) is 0 Å². The van der Waals surface area contributed by atoms with E-state index in [2.05, 4.69) is 5.32 Å². The molecule has 1 aliphatic heterocycles. The fraction of sp³-hybridized carbons (Fsp3) is 0.667. The van der Waals surface area contributed by atoms with Crippen molar-refractivity contribution in [3.05, 3.63) is 24.2 Å². The molecule has 0 saturated carbocycles. The summed E-state index contributed by atoms with van der Waals surface area (Å²) in [6.07, 6.45) is 3.14. The molecule has 2 rings (SSSR count). The van der Waals surface area contributed by atoms with Crippen LogP contribution in [-0.4, -0.2) is 49.8 Å². The minimum atomic E-state index is -3.20. The van der Waals surface area contributed by atoms with Crippen molar-refractivity contribution < 1.29 is 17.6 Å². The summed E-state index contributed by atoms with van der Waals surface area (Å²) in [5.74, 6) is 2.32. The van der Waals surface area contributed by atoms with E-state index >= 15 is 0 Å². The van der Waals surface area contributed by atoms with E-state index in [1.807, 2.05) is 12.1 Å². The van der Waals surface area contributed by atoms with Crippen LogP contribution < -0.4 is 5.32 Å². The molecule has 0 aromatic carbocycles. The molecule has 1 N–H and O–H groups in total. The van der Waals surface area contributed by atoms with Gasteiger partial charge in [0, 0.05) is 25.4 Å². The molecule has 0 spiro atoms. The van der Waals surface area contributed by atoms with Crippen molar-refractivity contribution in [3.63, 3.8) is 0 Å². The smallest absolute Gasteiger partial charge is 0.224 e. The number of thioether (sulfide) groups is 1. The van der Waals surface area contributed by atoms with E-state index in [1.54, 1.807) is 24.9 Å². The Labute approximate surface area is 142 Å². The second-order valence-electron chi connectivity index (χ2n) is 5.52. The van der Waals surface area contributed by atoms with Crippen molar-refractivity contribution in [2.75, 3.05) is 31.1 Å². The van der Waals surface area contributed by atoms with Crippen LogP contribution in [0.2, 0.25) is 0 Å². The second-order valence-corrected chi connectivity index (χ2v) is 8.88.